The molecular weight excluding hydrogens is 414 g/mol. The van der Waals surface area contributed by atoms with Crippen molar-refractivity contribution < 1.29 is 19.5 Å². The van der Waals surface area contributed by atoms with Gasteiger partial charge in [-0.25, -0.2) is 4.79 Å². The van der Waals surface area contributed by atoms with Crippen LogP contribution in [-0.4, -0.2) is 39.7 Å². The van der Waals surface area contributed by atoms with Crippen LogP contribution >= 0.6 is 0 Å². The smallest absolute Gasteiger partial charge is 0.330 e. The summed E-state index contributed by atoms with van der Waals surface area (Å²) in [6.45, 7) is 5.66. The zero-order chi connectivity index (χ0) is 24.1. The van der Waals surface area contributed by atoms with Crippen LogP contribution in [0.4, 0.5) is 0 Å². The number of amides is 1. The van der Waals surface area contributed by atoms with Crippen molar-refractivity contribution in [3.8, 4) is 0 Å². The number of carboxylic acid groups (broad SMARTS) is 1. The molecule has 1 heterocycles. The number of hydrogen-bond donors (Lipinski definition) is 1. The third kappa shape index (κ3) is 5.02. The van der Waals surface area contributed by atoms with E-state index in [2.05, 4.69) is 0 Å². The van der Waals surface area contributed by atoms with Crippen LogP contribution in [-0.2, 0) is 20.8 Å². The lowest BCUT2D eigenvalue weighted by Gasteiger charge is -2.49. The molecule has 1 aliphatic heterocycles. The van der Waals surface area contributed by atoms with Gasteiger partial charge in [0, 0.05) is 17.9 Å². The van der Waals surface area contributed by atoms with Crippen molar-refractivity contribution in [2.24, 2.45) is 5.41 Å². The molecule has 1 fully saturated rings. The molecule has 2 unspecified atom stereocenters. The number of carboxylic acids is 1. The molecule has 0 aromatic heterocycles. The van der Waals surface area contributed by atoms with Gasteiger partial charge in [-0.05, 0) is 49.7 Å². The number of nitrogens with zero attached hydrogens (tertiary/aromatic N) is 1. The summed E-state index contributed by atoms with van der Waals surface area (Å²) < 4.78 is 0. The number of carbonyl (C=O) groups is 3. The van der Waals surface area contributed by atoms with Crippen molar-refractivity contribution in [1.29, 1.82) is 0 Å². The van der Waals surface area contributed by atoms with Gasteiger partial charge in [0.15, 0.2) is 0 Å². The minimum absolute atomic E-state index is 0.283. The average molecular weight is 450 g/mol. The molecular formula is C28H35NO4. The second kappa shape index (κ2) is 10.3. The van der Waals surface area contributed by atoms with Crippen LogP contribution < -0.4 is 0 Å². The van der Waals surface area contributed by atoms with Gasteiger partial charge in [0.2, 0.25) is 5.78 Å². The van der Waals surface area contributed by atoms with Crippen LogP contribution in [0.15, 0.2) is 60.7 Å². The lowest BCUT2D eigenvalue weighted by Crippen LogP contribution is -2.64. The Morgan fingerprint density at radius 1 is 1.00 bits per heavy atom. The van der Waals surface area contributed by atoms with E-state index in [4.69, 9.17) is 0 Å². The second-order valence-corrected chi connectivity index (χ2v) is 9.70. The molecule has 0 saturated carbocycles. The van der Waals surface area contributed by atoms with E-state index in [1.807, 2.05) is 67.6 Å². The second-order valence-electron chi connectivity index (χ2n) is 9.70. The number of piperidine rings is 1. The summed E-state index contributed by atoms with van der Waals surface area (Å²) in [6.07, 6.45) is 3.50. The van der Waals surface area contributed by atoms with Gasteiger partial charge in [-0.1, -0.05) is 81.4 Å². The fraction of sp³-hybridized carbons (Fsp3) is 0.464. The van der Waals surface area contributed by atoms with E-state index in [9.17, 15) is 19.5 Å². The summed E-state index contributed by atoms with van der Waals surface area (Å²) in [6, 6.07) is 19.6. The third-order valence-electron chi connectivity index (χ3n) is 7.32. The third-order valence-corrected chi connectivity index (χ3v) is 7.32. The molecule has 5 nitrogen and oxygen atoms in total. The number of aliphatic carboxylic acids is 1. The van der Waals surface area contributed by atoms with Gasteiger partial charge in [-0.3, -0.25) is 9.59 Å². The van der Waals surface area contributed by atoms with Crippen LogP contribution in [0.3, 0.4) is 0 Å². The maximum atomic E-state index is 13.5. The molecule has 1 aliphatic rings. The van der Waals surface area contributed by atoms with E-state index in [-0.39, 0.29) is 6.54 Å². The van der Waals surface area contributed by atoms with E-state index >= 15 is 0 Å². The number of rotatable bonds is 9. The number of likely N-dealkylation sites (tertiary alicyclic amines) is 1. The van der Waals surface area contributed by atoms with Crippen molar-refractivity contribution in [3.05, 3.63) is 71.8 Å². The van der Waals surface area contributed by atoms with Gasteiger partial charge in [0.25, 0.3) is 5.91 Å². The van der Waals surface area contributed by atoms with E-state index < -0.39 is 34.5 Å². The Balaban J connectivity index is 2.07. The Bertz CT molecular complexity index is 970. The van der Waals surface area contributed by atoms with Crippen LogP contribution in [0.25, 0.3) is 0 Å². The van der Waals surface area contributed by atoms with E-state index in [1.54, 1.807) is 13.8 Å². The van der Waals surface area contributed by atoms with Gasteiger partial charge in [-0.2, -0.15) is 0 Å². The summed E-state index contributed by atoms with van der Waals surface area (Å²) in [5.74, 6) is -2.63. The van der Waals surface area contributed by atoms with Crippen molar-refractivity contribution in [3.63, 3.8) is 0 Å². The number of Topliss-reactive ketones (excluding diaryl/α,β-unsaturated/α-hetero) is 1. The number of carbonyl (C=O) groups excluding carboxylic acids is 2. The maximum absolute atomic E-state index is 13.5. The highest BCUT2D eigenvalue weighted by Crippen LogP contribution is 2.44. The van der Waals surface area contributed by atoms with Crippen LogP contribution in [0.2, 0.25) is 0 Å². The first-order valence-electron chi connectivity index (χ1n) is 11.9. The highest BCUT2D eigenvalue weighted by molar-refractivity contribution is 6.38. The topological polar surface area (TPSA) is 74.7 Å². The van der Waals surface area contributed by atoms with Crippen molar-refractivity contribution in [2.45, 2.75) is 70.8 Å². The lowest BCUT2D eigenvalue weighted by atomic mass is 9.69. The monoisotopic (exact) mass is 449 g/mol. The molecule has 2 atom stereocenters. The van der Waals surface area contributed by atoms with E-state index in [0.29, 0.717) is 38.5 Å². The number of aryl methyl sites for hydroxylation is 1. The largest absolute Gasteiger partial charge is 0.479 e. The first-order chi connectivity index (χ1) is 15.7. The number of hydrogen-bond acceptors (Lipinski definition) is 3. The SMILES string of the molecule is CCC(C)(C)C(=O)C(=O)N1CCCCC1(C(=O)O)C(CCc1ccccc1)c1ccccc1. The highest BCUT2D eigenvalue weighted by Gasteiger charge is 2.55. The Morgan fingerprint density at radius 3 is 2.18 bits per heavy atom. The van der Waals surface area contributed by atoms with Gasteiger partial charge >= 0.3 is 5.97 Å². The predicted molar refractivity (Wildman–Crippen MR) is 129 cm³/mol. The Morgan fingerprint density at radius 2 is 1.61 bits per heavy atom. The first-order valence-corrected chi connectivity index (χ1v) is 11.9. The molecule has 0 aliphatic carbocycles. The summed E-state index contributed by atoms with van der Waals surface area (Å²) in [7, 11) is 0. The standard InChI is InChI=1S/C28H35NO4/c1-4-27(2,3)24(30)25(31)29-20-12-11-19-28(29,26(32)33)23(22-15-9-6-10-16-22)18-17-21-13-7-5-8-14-21/h5-10,13-16,23H,4,11-12,17-20H2,1-3H3,(H,32,33). The zero-order valence-electron chi connectivity index (χ0n) is 19.9. The molecule has 3 rings (SSSR count). The fourth-order valence-corrected chi connectivity index (χ4v) is 4.91. The molecule has 2 aromatic rings. The Hall–Kier alpha value is -2.95. The Kier molecular flexibility index (Phi) is 7.72. The number of ketones is 1. The number of benzene rings is 2. The van der Waals surface area contributed by atoms with Gasteiger partial charge in [0.1, 0.15) is 5.54 Å². The molecule has 2 aromatic carbocycles. The molecule has 0 spiro atoms. The first kappa shape index (κ1) is 24.7. The van der Waals surface area contributed by atoms with Crippen LogP contribution in [0.1, 0.15) is 69.9 Å². The molecule has 0 radical (unpaired) electrons. The summed E-state index contributed by atoms with van der Waals surface area (Å²) in [5.41, 5.74) is -0.274. The van der Waals surface area contributed by atoms with Gasteiger partial charge < -0.3 is 10.0 Å². The predicted octanol–water partition coefficient (Wildman–Crippen LogP) is 5.24. The normalized spacial score (nSPS) is 19.7. The average Bonchev–Trinajstić information content (AvgIpc) is 2.84. The zero-order valence-corrected chi connectivity index (χ0v) is 19.9. The lowest BCUT2D eigenvalue weighted by molar-refractivity contribution is -0.168. The molecule has 1 saturated heterocycles. The molecule has 0 bridgehead atoms. The molecule has 1 amide bonds. The van der Waals surface area contributed by atoms with E-state index in [0.717, 1.165) is 11.1 Å². The Labute approximate surface area is 196 Å². The molecule has 5 heteroatoms. The molecule has 176 valence electrons. The van der Waals surface area contributed by atoms with Gasteiger partial charge in [-0.15, -0.1) is 0 Å². The summed E-state index contributed by atoms with van der Waals surface area (Å²) >= 11 is 0. The quantitative estimate of drug-likeness (QED) is 0.531. The van der Waals surface area contributed by atoms with Crippen molar-refractivity contribution >= 4 is 17.7 Å². The molecule has 1 N–H and O–H groups in total. The van der Waals surface area contributed by atoms with Crippen molar-refractivity contribution in [2.75, 3.05) is 6.54 Å². The van der Waals surface area contributed by atoms with Gasteiger partial charge in [0.05, 0.1) is 0 Å². The maximum Gasteiger partial charge on any atom is 0.330 e. The fourth-order valence-electron chi connectivity index (χ4n) is 4.91. The van der Waals surface area contributed by atoms with E-state index in [1.165, 1.54) is 4.90 Å². The summed E-state index contributed by atoms with van der Waals surface area (Å²) in [4.78, 5) is 41.2. The highest BCUT2D eigenvalue weighted by atomic mass is 16.4. The van der Waals surface area contributed by atoms with Crippen LogP contribution in [0, 0.1) is 5.41 Å². The molecule has 33 heavy (non-hydrogen) atoms. The van der Waals surface area contributed by atoms with Crippen LogP contribution in [0.5, 0.6) is 0 Å². The minimum atomic E-state index is -1.45. The van der Waals surface area contributed by atoms with Crippen molar-refractivity contribution in [1.82, 2.24) is 4.90 Å². The minimum Gasteiger partial charge on any atom is -0.479 e. The summed E-state index contributed by atoms with van der Waals surface area (Å²) in [5, 5.41) is 10.7.